The van der Waals surface area contributed by atoms with Gasteiger partial charge in [0.15, 0.2) is 0 Å². The Labute approximate surface area is 158 Å². The van der Waals surface area contributed by atoms with Gasteiger partial charge in [-0.2, -0.15) is 0 Å². The van der Waals surface area contributed by atoms with Crippen LogP contribution < -0.4 is 11.1 Å². The van der Waals surface area contributed by atoms with Crippen molar-refractivity contribution in [2.75, 3.05) is 6.54 Å². The van der Waals surface area contributed by atoms with E-state index in [2.05, 4.69) is 5.32 Å². The van der Waals surface area contributed by atoms with E-state index in [1.807, 2.05) is 66.2 Å². The SMILES string of the molecule is Cn1c(C(NC(=O)[C@@H]2CC[C@H](CN)O2)c2ccccc2)nc2ccccc21. The Morgan fingerprint density at radius 2 is 1.96 bits per heavy atom. The van der Waals surface area contributed by atoms with Crippen LogP contribution >= 0.6 is 0 Å². The third-order valence-corrected chi connectivity index (χ3v) is 5.16. The highest BCUT2D eigenvalue weighted by atomic mass is 16.5. The molecule has 3 N–H and O–H groups in total. The molecule has 0 radical (unpaired) electrons. The van der Waals surface area contributed by atoms with Crippen molar-refractivity contribution in [1.82, 2.24) is 14.9 Å². The fraction of sp³-hybridized carbons (Fsp3) is 0.333. The maximum atomic E-state index is 12.9. The number of rotatable bonds is 5. The van der Waals surface area contributed by atoms with Gasteiger partial charge in [-0.3, -0.25) is 4.79 Å². The summed E-state index contributed by atoms with van der Waals surface area (Å²) < 4.78 is 7.80. The standard InChI is InChI=1S/C21H24N4O2/c1-25-17-10-6-5-9-16(17)23-20(25)19(14-7-3-2-4-8-14)24-21(26)18-12-11-15(13-22)27-18/h2-10,15,18-19H,11-13,22H2,1H3,(H,24,26)/t15-,18+,19?/m1/s1. The van der Waals surface area contributed by atoms with Crippen molar-refractivity contribution in [3.63, 3.8) is 0 Å². The molecular weight excluding hydrogens is 340 g/mol. The zero-order valence-corrected chi connectivity index (χ0v) is 15.3. The minimum absolute atomic E-state index is 0.0355. The number of amides is 1. The summed E-state index contributed by atoms with van der Waals surface area (Å²) in [5.41, 5.74) is 8.59. The molecule has 3 aromatic rings. The van der Waals surface area contributed by atoms with Crippen LogP contribution in [0.15, 0.2) is 54.6 Å². The summed E-state index contributed by atoms with van der Waals surface area (Å²) in [5.74, 6) is 0.677. The Balaban J connectivity index is 1.67. The fourth-order valence-corrected chi connectivity index (χ4v) is 3.67. The molecule has 6 nitrogen and oxygen atoms in total. The minimum atomic E-state index is -0.459. The molecule has 2 heterocycles. The molecular formula is C21H24N4O2. The maximum absolute atomic E-state index is 12.9. The number of hydrogen-bond acceptors (Lipinski definition) is 4. The summed E-state index contributed by atoms with van der Waals surface area (Å²) in [6, 6.07) is 17.5. The lowest BCUT2D eigenvalue weighted by atomic mass is 10.1. The summed E-state index contributed by atoms with van der Waals surface area (Å²) >= 11 is 0. The molecule has 1 amide bonds. The van der Waals surface area contributed by atoms with Gasteiger partial charge in [0.2, 0.25) is 5.91 Å². The van der Waals surface area contributed by atoms with E-state index >= 15 is 0 Å². The highest BCUT2D eigenvalue weighted by Crippen LogP contribution is 2.26. The largest absolute Gasteiger partial charge is 0.364 e. The molecule has 6 heteroatoms. The second kappa shape index (κ2) is 7.50. The Bertz CT molecular complexity index is 938. The predicted octanol–water partition coefficient (Wildman–Crippen LogP) is 2.29. The molecule has 140 valence electrons. The van der Waals surface area contributed by atoms with Gasteiger partial charge in [0, 0.05) is 13.6 Å². The van der Waals surface area contributed by atoms with E-state index < -0.39 is 6.10 Å². The van der Waals surface area contributed by atoms with Gasteiger partial charge >= 0.3 is 0 Å². The van der Waals surface area contributed by atoms with Crippen LogP contribution in [0.5, 0.6) is 0 Å². The van der Waals surface area contributed by atoms with Crippen LogP contribution in [-0.4, -0.2) is 34.2 Å². The van der Waals surface area contributed by atoms with Gasteiger partial charge in [-0.15, -0.1) is 0 Å². The first-order valence-electron chi connectivity index (χ1n) is 9.29. The number of carbonyl (C=O) groups is 1. The first-order chi connectivity index (χ1) is 13.2. The van der Waals surface area contributed by atoms with Crippen molar-refractivity contribution in [1.29, 1.82) is 0 Å². The Kier molecular flexibility index (Phi) is 4.92. The van der Waals surface area contributed by atoms with Gasteiger partial charge in [-0.25, -0.2) is 4.98 Å². The van der Waals surface area contributed by atoms with Crippen LogP contribution in [0.3, 0.4) is 0 Å². The number of ether oxygens (including phenoxy) is 1. The minimum Gasteiger partial charge on any atom is -0.364 e. The molecule has 0 aliphatic carbocycles. The van der Waals surface area contributed by atoms with Gasteiger partial charge in [0.25, 0.3) is 0 Å². The average molecular weight is 364 g/mol. The number of fused-ring (bicyclic) bond motifs is 1. The summed E-state index contributed by atoms with van der Waals surface area (Å²) in [5, 5.41) is 3.15. The summed E-state index contributed by atoms with van der Waals surface area (Å²) in [6.45, 7) is 0.441. The highest BCUT2D eigenvalue weighted by molar-refractivity contribution is 5.82. The van der Waals surface area contributed by atoms with Crippen molar-refractivity contribution in [3.8, 4) is 0 Å². The zero-order valence-electron chi connectivity index (χ0n) is 15.3. The molecule has 4 rings (SSSR count). The number of nitrogens with one attached hydrogen (secondary N) is 1. The van der Waals surface area contributed by atoms with Crippen molar-refractivity contribution in [3.05, 3.63) is 66.0 Å². The number of carbonyl (C=O) groups excluding carboxylic acids is 1. The van der Waals surface area contributed by atoms with E-state index in [1.165, 1.54) is 0 Å². The number of benzene rings is 2. The molecule has 0 spiro atoms. The number of nitrogens with two attached hydrogens (primary N) is 1. The predicted molar refractivity (Wildman–Crippen MR) is 104 cm³/mol. The Hall–Kier alpha value is -2.70. The highest BCUT2D eigenvalue weighted by Gasteiger charge is 2.32. The Morgan fingerprint density at radius 1 is 1.22 bits per heavy atom. The first kappa shape index (κ1) is 17.7. The van der Waals surface area contributed by atoms with Gasteiger partial charge in [-0.05, 0) is 30.5 Å². The van der Waals surface area contributed by atoms with E-state index in [9.17, 15) is 4.79 Å². The molecule has 1 saturated heterocycles. The number of imidazole rings is 1. The normalized spacial score (nSPS) is 20.7. The molecule has 0 saturated carbocycles. The third-order valence-electron chi connectivity index (χ3n) is 5.16. The number of hydrogen-bond donors (Lipinski definition) is 2. The third kappa shape index (κ3) is 3.46. The Morgan fingerprint density at radius 3 is 2.67 bits per heavy atom. The van der Waals surface area contributed by atoms with Crippen LogP contribution in [0.4, 0.5) is 0 Å². The molecule has 1 aliphatic rings. The van der Waals surface area contributed by atoms with Gasteiger partial charge in [0.1, 0.15) is 18.0 Å². The van der Waals surface area contributed by atoms with Crippen LogP contribution in [0.2, 0.25) is 0 Å². The first-order valence-corrected chi connectivity index (χ1v) is 9.29. The van der Waals surface area contributed by atoms with Crippen molar-refractivity contribution in [2.45, 2.75) is 31.1 Å². The van der Waals surface area contributed by atoms with Gasteiger partial charge < -0.3 is 20.4 Å². The lowest BCUT2D eigenvalue weighted by Crippen LogP contribution is -2.39. The maximum Gasteiger partial charge on any atom is 0.249 e. The molecule has 2 aromatic carbocycles. The lowest BCUT2D eigenvalue weighted by molar-refractivity contribution is -0.132. The average Bonchev–Trinajstić information content (AvgIpc) is 3.32. The number of aryl methyl sites for hydroxylation is 1. The van der Waals surface area contributed by atoms with E-state index in [-0.39, 0.29) is 18.1 Å². The molecule has 1 aliphatic heterocycles. The lowest BCUT2D eigenvalue weighted by Gasteiger charge is -2.21. The van der Waals surface area contributed by atoms with Crippen LogP contribution in [0, 0.1) is 0 Å². The second-order valence-corrected chi connectivity index (χ2v) is 6.93. The number of para-hydroxylation sites is 2. The topological polar surface area (TPSA) is 82.2 Å². The molecule has 3 atom stereocenters. The van der Waals surface area contributed by atoms with Crippen molar-refractivity contribution < 1.29 is 9.53 Å². The van der Waals surface area contributed by atoms with E-state index in [1.54, 1.807) is 0 Å². The summed E-state index contributed by atoms with van der Waals surface area (Å²) in [4.78, 5) is 17.7. The zero-order chi connectivity index (χ0) is 18.8. The van der Waals surface area contributed by atoms with Crippen LogP contribution in [0.25, 0.3) is 11.0 Å². The van der Waals surface area contributed by atoms with Gasteiger partial charge in [-0.1, -0.05) is 42.5 Å². The van der Waals surface area contributed by atoms with Crippen molar-refractivity contribution in [2.24, 2.45) is 12.8 Å². The molecule has 1 unspecified atom stereocenters. The summed E-state index contributed by atoms with van der Waals surface area (Å²) in [7, 11) is 1.98. The van der Waals surface area contributed by atoms with E-state index in [0.29, 0.717) is 13.0 Å². The van der Waals surface area contributed by atoms with E-state index in [0.717, 1.165) is 28.8 Å². The molecule has 0 bridgehead atoms. The molecule has 1 fully saturated rings. The van der Waals surface area contributed by atoms with Crippen molar-refractivity contribution >= 4 is 16.9 Å². The van der Waals surface area contributed by atoms with Gasteiger partial charge in [0.05, 0.1) is 17.1 Å². The smallest absolute Gasteiger partial charge is 0.249 e. The monoisotopic (exact) mass is 364 g/mol. The fourth-order valence-electron chi connectivity index (χ4n) is 3.67. The number of nitrogens with zero attached hydrogens (tertiary/aromatic N) is 2. The van der Waals surface area contributed by atoms with E-state index in [4.69, 9.17) is 15.5 Å². The molecule has 27 heavy (non-hydrogen) atoms. The van der Waals surface area contributed by atoms with Crippen LogP contribution in [-0.2, 0) is 16.6 Å². The quantitative estimate of drug-likeness (QED) is 0.728. The second-order valence-electron chi connectivity index (χ2n) is 6.93. The summed E-state index contributed by atoms with van der Waals surface area (Å²) in [6.07, 6.45) is 1.01. The number of aromatic nitrogens is 2. The van der Waals surface area contributed by atoms with Crippen LogP contribution in [0.1, 0.15) is 30.3 Å². The molecule has 1 aromatic heterocycles.